The molecule has 2 heteroatoms. The third-order valence-electron chi connectivity index (χ3n) is 4.07. The van der Waals surface area contributed by atoms with Gasteiger partial charge in [-0.1, -0.05) is 11.1 Å². The van der Waals surface area contributed by atoms with Crippen LogP contribution in [0, 0.1) is 5.41 Å². The summed E-state index contributed by atoms with van der Waals surface area (Å²) in [4.78, 5) is 11.5. The zero-order valence-electron chi connectivity index (χ0n) is 8.82. The number of fused-ring (bicyclic) bond motifs is 1. The lowest BCUT2D eigenvalue weighted by atomic mass is 9.56. The van der Waals surface area contributed by atoms with Gasteiger partial charge in [-0.3, -0.25) is 4.79 Å². The van der Waals surface area contributed by atoms with Gasteiger partial charge in [-0.15, -0.1) is 0 Å². The van der Waals surface area contributed by atoms with Crippen LogP contribution in [0.2, 0.25) is 0 Å². The minimum Gasteiger partial charge on any atom is -0.349 e. The lowest BCUT2D eigenvalue weighted by Crippen LogP contribution is -2.75. The molecule has 1 fully saturated rings. The van der Waals surface area contributed by atoms with Crippen LogP contribution in [0.25, 0.3) is 0 Å². The average Bonchev–Trinajstić information content (AvgIpc) is 2.01. The molecule has 0 aromatic heterocycles. The summed E-state index contributed by atoms with van der Waals surface area (Å²) in [6, 6.07) is 0. The largest absolute Gasteiger partial charge is 0.349 e. The normalized spacial score (nSPS) is 43.8. The van der Waals surface area contributed by atoms with Crippen molar-refractivity contribution in [1.82, 2.24) is 5.32 Å². The first-order valence-electron chi connectivity index (χ1n) is 4.87. The van der Waals surface area contributed by atoms with Gasteiger partial charge in [0.15, 0.2) is 0 Å². The van der Waals surface area contributed by atoms with E-state index in [1.54, 1.807) is 0 Å². The monoisotopic (exact) mass is 179 g/mol. The fraction of sp³-hybridized carbons (Fsp3) is 0.727. The Morgan fingerprint density at radius 2 is 1.69 bits per heavy atom. The second kappa shape index (κ2) is 2.17. The molecule has 0 spiro atoms. The van der Waals surface area contributed by atoms with Gasteiger partial charge in [0.1, 0.15) is 0 Å². The number of nitrogens with one attached hydrogen (secondary N) is 1. The van der Waals surface area contributed by atoms with Gasteiger partial charge < -0.3 is 5.32 Å². The van der Waals surface area contributed by atoms with Crippen LogP contribution in [-0.4, -0.2) is 11.4 Å². The summed E-state index contributed by atoms with van der Waals surface area (Å²) in [5.74, 6) is 0.224. The molecule has 0 aromatic rings. The Morgan fingerprint density at radius 3 is 2.23 bits per heavy atom. The maximum Gasteiger partial charge on any atom is 0.229 e. The molecule has 2 atom stereocenters. The number of hydrogen-bond acceptors (Lipinski definition) is 1. The van der Waals surface area contributed by atoms with Gasteiger partial charge in [0.05, 0.1) is 11.0 Å². The molecule has 1 N–H and O–H groups in total. The van der Waals surface area contributed by atoms with E-state index in [2.05, 4.69) is 33.0 Å². The molecular formula is C11H17NO. The quantitative estimate of drug-likeness (QED) is 0.447. The highest BCUT2D eigenvalue weighted by molar-refractivity contribution is 5.92. The molecule has 1 saturated heterocycles. The number of β-lactam (4-membered cyclic amide) rings is 1. The summed E-state index contributed by atoms with van der Waals surface area (Å²) in [6.07, 6.45) is 1.95. The molecule has 1 aliphatic heterocycles. The van der Waals surface area contributed by atoms with Gasteiger partial charge in [-0.05, 0) is 40.5 Å². The van der Waals surface area contributed by atoms with Crippen molar-refractivity contribution in [1.29, 1.82) is 0 Å². The number of carbonyl (C=O) groups excluding carboxylic acids is 1. The van der Waals surface area contributed by atoms with Crippen molar-refractivity contribution in [3.05, 3.63) is 11.1 Å². The first-order chi connectivity index (χ1) is 5.89. The molecule has 1 aliphatic carbocycles. The highest BCUT2D eigenvalue weighted by Crippen LogP contribution is 2.51. The van der Waals surface area contributed by atoms with Crippen molar-refractivity contribution in [2.24, 2.45) is 5.41 Å². The van der Waals surface area contributed by atoms with Gasteiger partial charge in [0.2, 0.25) is 5.91 Å². The van der Waals surface area contributed by atoms with Crippen LogP contribution in [-0.2, 0) is 4.79 Å². The van der Waals surface area contributed by atoms with E-state index in [1.165, 1.54) is 11.1 Å². The second-order valence-corrected chi connectivity index (χ2v) is 5.03. The van der Waals surface area contributed by atoms with E-state index in [-0.39, 0.29) is 16.9 Å². The molecular weight excluding hydrogens is 162 g/mol. The zero-order valence-corrected chi connectivity index (χ0v) is 8.82. The molecule has 2 unspecified atom stereocenters. The summed E-state index contributed by atoms with van der Waals surface area (Å²) >= 11 is 0. The fourth-order valence-corrected chi connectivity index (χ4v) is 2.59. The Balaban J connectivity index is 2.40. The first-order valence-corrected chi connectivity index (χ1v) is 4.87. The highest BCUT2D eigenvalue weighted by atomic mass is 16.2. The molecule has 0 bridgehead atoms. The molecule has 72 valence electrons. The Kier molecular flexibility index (Phi) is 1.47. The molecule has 0 saturated carbocycles. The van der Waals surface area contributed by atoms with E-state index in [4.69, 9.17) is 0 Å². The van der Waals surface area contributed by atoms with Crippen LogP contribution in [0.3, 0.4) is 0 Å². The van der Waals surface area contributed by atoms with Crippen molar-refractivity contribution >= 4 is 5.91 Å². The van der Waals surface area contributed by atoms with Crippen LogP contribution in [0.5, 0.6) is 0 Å². The minimum atomic E-state index is -0.142. The first kappa shape index (κ1) is 8.79. The van der Waals surface area contributed by atoms with Crippen molar-refractivity contribution in [3.63, 3.8) is 0 Å². The molecule has 1 amide bonds. The third kappa shape index (κ3) is 0.862. The minimum absolute atomic E-state index is 0.0215. The third-order valence-corrected chi connectivity index (χ3v) is 4.07. The van der Waals surface area contributed by atoms with E-state index in [0.29, 0.717) is 0 Å². The summed E-state index contributed by atoms with van der Waals surface area (Å²) in [7, 11) is 0. The summed E-state index contributed by atoms with van der Waals surface area (Å²) in [5, 5.41) is 3.04. The van der Waals surface area contributed by atoms with E-state index < -0.39 is 0 Å². The number of hydrogen-bond donors (Lipinski definition) is 1. The van der Waals surface area contributed by atoms with E-state index >= 15 is 0 Å². The van der Waals surface area contributed by atoms with Crippen molar-refractivity contribution in [2.75, 3.05) is 0 Å². The van der Waals surface area contributed by atoms with Gasteiger partial charge in [-0.2, -0.15) is 0 Å². The Morgan fingerprint density at radius 1 is 1.15 bits per heavy atom. The number of rotatable bonds is 0. The lowest BCUT2D eigenvalue weighted by molar-refractivity contribution is -0.154. The maximum absolute atomic E-state index is 11.5. The highest BCUT2D eigenvalue weighted by Gasteiger charge is 2.61. The van der Waals surface area contributed by atoms with Crippen molar-refractivity contribution < 1.29 is 4.79 Å². The topological polar surface area (TPSA) is 29.1 Å². The number of carbonyl (C=O) groups is 1. The molecule has 0 aromatic carbocycles. The Hall–Kier alpha value is -0.790. The van der Waals surface area contributed by atoms with Crippen LogP contribution in [0.15, 0.2) is 11.1 Å². The average molecular weight is 179 g/mol. The standard InChI is InChI=1S/C11H17NO/c1-7-5-10(3)9(13)12-11(10,4)6-8(7)2/h5-6H2,1-4H3,(H,12,13). The summed E-state index contributed by atoms with van der Waals surface area (Å²) < 4.78 is 0. The fourth-order valence-electron chi connectivity index (χ4n) is 2.59. The van der Waals surface area contributed by atoms with Crippen LogP contribution < -0.4 is 5.32 Å². The lowest BCUT2D eigenvalue weighted by Gasteiger charge is -2.58. The van der Waals surface area contributed by atoms with Crippen LogP contribution in [0.1, 0.15) is 40.5 Å². The number of amides is 1. The SMILES string of the molecule is CC1=C(C)CC2(C)C(=O)NC2(C)C1. The van der Waals surface area contributed by atoms with E-state index in [0.717, 1.165) is 12.8 Å². The van der Waals surface area contributed by atoms with Crippen molar-refractivity contribution in [2.45, 2.75) is 46.1 Å². The second-order valence-electron chi connectivity index (χ2n) is 5.03. The summed E-state index contributed by atoms with van der Waals surface area (Å²) in [5.41, 5.74) is 2.72. The van der Waals surface area contributed by atoms with Gasteiger partial charge in [0.25, 0.3) is 0 Å². The molecule has 1 heterocycles. The molecule has 13 heavy (non-hydrogen) atoms. The van der Waals surface area contributed by atoms with Crippen molar-refractivity contribution in [3.8, 4) is 0 Å². The van der Waals surface area contributed by atoms with Crippen LogP contribution in [0.4, 0.5) is 0 Å². The van der Waals surface area contributed by atoms with Crippen LogP contribution >= 0.6 is 0 Å². The van der Waals surface area contributed by atoms with E-state index in [9.17, 15) is 4.79 Å². The Labute approximate surface area is 79.4 Å². The summed E-state index contributed by atoms with van der Waals surface area (Å²) in [6.45, 7) is 8.56. The molecule has 2 aliphatic rings. The Bertz CT molecular complexity index is 318. The number of allylic oxidation sites excluding steroid dienone is 1. The van der Waals surface area contributed by atoms with Gasteiger partial charge in [0, 0.05) is 0 Å². The smallest absolute Gasteiger partial charge is 0.229 e. The van der Waals surface area contributed by atoms with Gasteiger partial charge in [-0.25, -0.2) is 0 Å². The predicted octanol–water partition coefficient (Wildman–Crippen LogP) is 2.01. The predicted molar refractivity (Wildman–Crippen MR) is 52.3 cm³/mol. The molecule has 0 radical (unpaired) electrons. The molecule has 2 rings (SSSR count). The zero-order chi connectivity index (χ0) is 9.85. The van der Waals surface area contributed by atoms with E-state index in [1.807, 2.05) is 0 Å². The maximum atomic E-state index is 11.5. The molecule has 2 nitrogen and oxygen atoms in total. The van der Waals surface area contributed by atoms with Gasteiger partial charge >= 0.3 is 0 Å².